The van der Waals surface area contributed by atoms with Crippen LogP contribution < -0.4 is 11.1 Å². The number of aromatic nitrogens is 2. The lowest BCUT2D eigenvalue weighted by atomic mass is 9.90. The summed E-state index contributed by atoms with van der Waals surface area (Å²) in [5.41, 5.74) is 13.2. The lowest BCUT2D eigenvalue weighted by Gasteiger charge is -2.19. The van der Waals surface area contributed by atoms with Gasteiger partial charge in [0.2, 0.25) is 0 Å². The molecule has 146 valence electrons. The van der Waals surface area contributed by atoms with Crippen molar-refractivity contribution in [1.29, 1.82) is 0 Å². The van der Waals surface area contributed by atoms with Crippen LogP contribution in [0.4, 0.5) is 5.69 Å². The summed E-state index contributed by atoms with van der Waals surface area (Å²) in [6.45, 7) is 2.49. The third-order valence-corrected chi connectivity index (χ3v) is 5.04. The fourth-order valence-electron chi connectivity index (χ4n) is 3.66. The molecule has 0 spiro atoms. The van der Waals surface area contributed by atoms with E-state index in [2.05, 4.69) is 45.7 Å². The predicted molar refractivity (Wildman–Crippen MR) is 126 cm³/mol. The van der Waals surface area contributed by atoms with Crippen molar-refractivity contribution in [1.82, 2.24) is 9.78 Å². The molecule has 0 amide bonds. The topological polar surface area (TPSA) is 68.2 Å². The third kappa shape index (κ3) is 4.55. The number of benzene rings is 2. The van der Waals surface area contributed by atoms with Gasteiger partial charge in [-0.15, -0.1) is 24.0 Å². The normalized spacial score (nSPS) is 13.5. The molecule has 3 aromatic rings. The molecule has 0 aliphatic heterocycles. The highest BCUT2D eigenvalue weighted by atomic mass is 127. The monoisotopic (exact) mass is 487 g/mol. The Morgan fingerprint density at radius 2 is 1.93 bits per heavy atom. The van der Waals surface area contributed by atoms with E-state index in [1.165, 1.54) is 24.0 Å². The Hall–Kier alpha value is -2.35. The second-order valence-electron chi connectivity index (χ2n) is 7.01. The standard InChI is InChI=1S/C22H25N5.HI/c1-16-13-14-27(26-16)21-12-5-3-8-18(21)15-24-22(23)25-20-11-6-9-17-7-2-4-10-19(17)20;/h3,5-6,8-9,11-14H,2,4,7,10,15H2,1H3,(H3,23,24,25);1H. The van der Waals surface area contributed by atoms with Gasteiger partial charge < -0.3 is 11.1 Å². The number of anilines is 1. The average molecular weight is 487 g/mol. The summed E-state index contributed by atoms with van der Waals surface area (Å²) < 4.78 is 1.89. The van der Waals surface area contributed by atoms with E-state index in [1.807, 2.05) is 36.0 Å². The highest BCUT2D eigenvalue weighted by molar-refractivity contribution is 14.0. The number of guanidine groups is 1. The lowest BCUT2D eigenvalue weighted by molar-refractivity contribution is 0.687. The number of hydrogen-bond acceptors (Lipinski definition) is 2. The molecule has 1 heterocycles. The van der Waals surface area contributed by atoms with Crippen LogP contribution in [0.15, 0.2) is 59.7 Å². The average Bonchev–Trinajstić information content (AvgIpc) is 3.13. The van der Waals surface area contributed by atoms with E-state index in [9.17, 15) is 0 Å². The second-order valence-corrected chi connectivity index (χ2v) is 7.01. The Bertz CT molecular complexity index is 977. The van der Waals surface area contributed by atoms with Crippen LogP contribution in [0.3, 0.4) is 0 Å². The van der Waals surface area contributed by atoms with Crippen LogP contribution in [0.5, 0.6) is 0 Å². The van der Waals surface area contributed by atoms with E-state index < -0.39 is 0 Å². The van der Waals surface area contributed by atoms with Gasteiger partial charge in [0, 0.05) is 11.9 Å². The number of fused-ring (bicyclic) bond motifs is 1. The fraction of sp³-hybridized carbons (Fsp3) is 0.273. The zero-order chi connectivity index (χ0) is 18.6. The zero-order valence-corrected chi connectivity index (χ0v) is 18.4. The first-order chi connectivity index (χ1) is 13.2. The highest BCUT2D eigenvalue weighted by Gasteiger charge is 2.13. The van der Waals surface area contributed by atoms with Crippen molar-refractivity contribution in [3.05, 3.63) is 77.1 Å². The van der Waals surface area contributed by atoms with Crippen LogP contribution in [0, 0.1) is 6.92 Å². The van der Waals surface area contributed by atoms with Gasteiger partial charge in [0.05, 0.1) is 17.9 Å². The molecule has 0 atom stereocenters. The van der Waals surface area contributed by atoms with E-state index in [-0.39, 0.29) is 24.0 Å². The molecule has 28 heavy (non-hydrogen) atoms. The number of nitrogens with zero attached hydrogens (tertiary/aromatic N) is 3. The minimum atomic E-state index is 0. The van der Waals surface area contributed by atoms with Crippen molar-refractivity contribution in [2.75, 3.05) is 5.32 Å². The Balaban J connectivity index is 0.00000225. The number of hydrogen-bond donors (Lipinski definition) is 2. The lowest BCUT2D eigenvalue weighted by Crippen LogP contribution is -2.24. The first kappa shape index (κ1) is 20.4. The van der Waals surface area contributed by atoms with E-state index in [0.29, 0.717) is 12.5 Å². The van der Waals surface area contributed by atoms with Crippen molar-refractivity contribution in [3.8, 4) is 5.69 Å². The summed E-state index contributed by atoms with van der Waals surface area (Å²) in [7, 11) is 0. The van der Waals surface area contributed by atoms with Crippen LogP contribution in [0.2, 0.25) is 0 Å². The molecule has 4 rings (SSSR count). The summed E-state index contributed by atoms with van der Waals surface area (Å²) in [6.07, 6.45) is 6.73. The molecular formula is C22H26IN5. The Morgan fingerprint density at radius 1 is 1.11 bits per heavy atom. The first-order valence-electron chi connectivity index (χ1n) is 9.49. The zero-order valence-electron chi connectivity index (χ0n) is 16.1. The Kier molecular flexibility index (Phi) is 6.72. The Labute approximate surface area is 183 Å². The maximum atomic E-state index is 6.20. The Morgan fingerprint density at radius 3 is 2.75 bits per heavy atom. The van der Waals surface area contributed by atoms with Gasteiger partial charge in [0.15, 0.2) is 5.96 Å². The quantitative estimate of drug-likeness (QED) is 0.321. The van der Waals surface area contributed by atoms with Gasteiger partial charge in [-0.2, -0.15) is 5.10 Å². The van der Waals surface area contributed by atoms with Crippen molar-refractivity contribution >= 4 is 35.6 Å². The van der Waals surface area contributed by atoms with E-state index in [0.717, 1.165) is 35.5 Å². The van der Waals surface area contributed by atoms with Gasteiger partial charge in [-0.25, -0.2) is 9.67 Å². The molecule has 0 fully saturated rings. The molecule has 0 saturated carbocycles. The number of nitrogens with two attached hydrogens (primary N) is 1. The molecule has 6 heteroatoms. The maximum absolute atomic E-state index is 6.20. The van der Waals surface area contributed by atoms with Crippen LogP contribution in [0.1, 0.15) is 35.2 Å². The van der Waals surface area contributed by atoms with Gasteiger partial charge in [0.1, 0.15) is 0 Å². The third-order valence-electron chi connectivity index (χ3n) is 5.04. The van der Waals surface area contributed by atoms with Crippen LogP contribution in [-0.4, -0.2) is 15.7 Å². The molecule has 0 radical (unpaired) electrons. The van der Waals surface area contributed by atoms with Gasteiger partial charge in [0.25, 0.3) is 0 Å². The van der Waals surface area contributed by atoms with Crippen molar-refractivity contribution in [2.45, 2.75) is 39.2 Å². The summed E-state index contributed by atoms with van der Waals surface area (Å²) in [6, 6.07) is 16.5. The van der Waals surface area contributed by atoms with Gasteiger partial charge in [-0.3, -0.25) is 0 Å². The van der Waals surface area contributed by atoms with Crippen molar-refractivity contribution in [2.24, 2.45) is 10.7 Å². The molecule has 2 aromatic carbocycles. The smallest absolute Gasteiger partial charge is 0.193 e. The van der Waals surface area contributed by atoms with Crippen molar-refractivity contribution in [3.63, 3.8) is 0 Å². The molecule has 1 aliphatic carbocycles. The molecular weight excluding hydrogens is 461 g/mol. The van der Waals surface area contributed by atoms with Gasteiger partial charge in [-0.1, -0.05) is 30.3 Å². The van der Waals surface area contributed by atoms with Crippen LogP contribution >= 0.6 is 24.0 Å². The van der Waals surface area contributed by atoms with Gasteiger partial charge >= 0.3 is 0 Å². The number of halogens is 1. The number of nitrogens with one attached hydrogen (secondary N) is 1. The van der Waals surface area contributed by atoms with Crippen molar-refractivity contribution < 1.29 is 0 Å². The number of aliphatic imine (C=N–C) groups is 1. The molecule has 1 aromatic heterocycles. The number of aryl methyl sites for hydroxylation is 2. The summed E-state index contributed by atoms with van der Waals surface area (Å²) >= 11 is 0. The SMILES string of the molecule is Cc1ccn(-c2ccccc2CN=C(N)Nc2cccc3c2CCCC3)n1.I. The number of rotatable bonds is 4. The van der Waals surface area contributed by atoms with E-state index in [4.69, 9.17) is 5.73 Å². The number of para-hydroxylation sites is 1. The van der Waals surface area contributed by atoms with Gasteiger partial charge in [-0.05, 0) is 67.5 Å². The van der Waals surface area contributed by atoms with Crippen LogP contribution in [0.25, 0.3) is 5.69 Å². The molecule has 1 aliphatic rings. The molecule has 3 N–H and O–H groups in total. The largest absolute Gasteiger partial charge is 0.370 e. The molecule has 0 saturated heterocycles. The molecule has 5 nitrogen and oxygen atoms in total. The van der Waals surface area contributed by atoms with E-state index in [1.54, 1.807) is 0 Å². The minimum Gasteiger partial charge on any atom is -0.370 e. The predicted octanol–water partition coefficient (Wildman–Crippen LogP) is 4.60. The maximum Gasteiger partial charge on any atom is 0.193 e. The highest BCUT2D eigenvalue weighted by Crippen LogP contribution is 2.27. The fourth-order valence-corrected chi connectivity index (χ4v) is 3.66. The van der Waals surface area contributed by atoms with E-state index >= 15 is 0 Å². The summed E-state index contributed by atoms with van der Waals surface area (Å²) in [5, 5.41) is 7.81. The second kappa shape index (κ2) is 9.23. The first-order valence-corrected chi connectivity index (χ1v) is 9.49. The summed E-state index contributed by atoms with van der Waals surface area (Å²) in [5.74, 6) is 0.445. The van der Waals surface area contributed by atoms with Crippen LogP contribution in [-0.2, 0) is 19.4 Å². The summed E-state index contributed by atoms with van der Waals surface area (Å²) in [4.78, 5) is 4.57. The molecule has 0 unspecified atom stereocenters. The minimum absolute atomic E-state index is 0. The molecule has 0 bridgehead atoms.